The van der Waals surface area contributed by atoms with Crippen LogP contribution in [0, 0.1) is 5.92 Å². The van der Waals surface area contributed by atoms with Crippen molar-refractivity contribution in [1.82, 2.24) is 9.62 Å². The number of hydrogen-bond donors (Lipinski definition) is 3. The van der Waals surface area contributed by atoms with Gasteiger partial charge in [0, 0.05) is 28.3 Å². The fraction of sp³-hybridized carbons (Fsp3) is 0.390. The van der Waals surface area contributed by atoms with Crippen molar-refractivity contribution in [2.45, 2.75) is 86.6 Å². The zero-order valence-electron chi connectivity index (χ0n) is 31.3. The first kappa shape index (κ1) is 41.6. The summed E-state index contributed by atoms with van der Waals surface area (Å²) in [5.41, 5.74) is 0.106. The summed E-state index contributed by atoms with van der Waals surface area (Å²) in [6.07, 6.45) is 6.56. The first-order valence-corrected chi connectivity index (χ1v) is 21.1. The molecule has 3 heterocycles. The van der Waals surface area contributed by atoms with E-state index in [0.717, 1.165) is 38.1 Å². The van der Waals surface area contributed by atoms with E-state index >= 15 is 0 Å². The van der Waals surface area contributed by atoms with Gasteiger partial charge in [-0.1, -0.05) is 65.7 Å². The molecule has 7 rings (SSSR count). The van der Waals surface area contributed by atoms with Gasteiger partial charge in [-0.05, 0) is 98.9 Å². The van der Waals surface area contributed by atoms with Gasteiger partial charge >= 0.3 is 18.6 Å². The van der Waals surface area contributed by atoms with Crippen LogP contribution in [-0.4, -0.2) is 74.0 Å². The second kappa shape index (κ2) is 17.4. The van der Waals surface area contributed by atoms with Gasteiger partial charge in [0.25, 0.3) is 0 Å². The maximum absolute atomic E-state index is 14.8. The lowest BCUT2D eigenvalue weighted by Crippen LogP contribution is -2.45. The van der Waals surface area contributed by atoms with Crippen LogP contribution >= 0.6 is 23.2 Å². The maximum Gasteiger partial charge on any atom is 0.387 e. The Morgan fingerprint density at radius 3 is 2.22 bits per heavy atom. The Kier molecular flexibility index (Phi) is 12.5. The van der Waals surface area contributed by atoms with Gasteiger partial charge in [0.1, 0.15) is 22.2 Å². The molecule has 0 amide bonds. The average Bonchev–Trinajstić information content (AvgIpc) is 3.98. The fourth-order valence-corrected chi connectivity index (χ4v) is 10.1. The number of benzene rings is 3. The number of alkyl halides is 2. The van der Waals surface area contributed by atoms with Crippen molar-refractivity contribution in [3.8, 4) is 11.5 Å². The number of halogens is 4. The highest BCUT2D eigenvalue weighted by Crippen LogP contribution is 2.43. The molecule has 4 atom stereocenters. The lowest BCUT2D eigenvalue weighted by Gasteiger charge is -2.36. The second-order valence-corrected chi connectivity index (χ2v) is 17.5. The van der Waals surface area contributed by atoms with Gasteiger partial charge in [0.15, 0.2) is 11.5 Å². The zero-order chi connectivity index (χ0) is 41.3. The number of aromatic nitrogens is 1. The van der Waals surface area contributed by atoms with Gasteiger partial charge in [-0.3, -0.25) is 5.21 Å². The van der Waals surface area contributed by atoms with Crippen LogP contribution in [0.2, 0.25) is 10.0 Å². The Hall–Kier alpha value is -4.54. The van der Waals surface area contributed by atoms with Crippen molar-refractivity contribution < 1.29 is 56.0 Å². The molecule has 3 aromatic carbocycles. The first-order valence-electron chi connectivity index (χ1n) is 18.8. The van der Waals surface area contributed by atoms with Crippen molar-refractivity contribution in [3.63, 3.8) is 0 Å². The van der Waals surface area contributed by atoms with Crippen molar-refractivity contribution in [2.75, 3.05) is 13.7 Å². The Bertz CT molecular complexity index is 2250. The molecule has 1 saturated carbocycles. The predicted octanol–water partition coefficient (Wildman–Crippen LogP) is 7.17. The predicted molar refractivity (Wildman–Crippen MR) is 207 cm³/mol. The van der Waals surface area contributed by atoms with Crippen LogP contribution in [0.3, 0.4) is 0 Å². The molecule has 2 aliphatic heterocycles. The molecule has 1 aromatic heterocycles. The van der Waals surface area contributed by atoms with Gasteiger partial charge < -0.3 is 24.2 Å². The van der Waals surface area contributed by atoms with Crippen molar-refractivity contribution in [1.29, 1.82) is 0 Å². The molecule has 2 bridgehead atoms. The number of carboxylic acid groups (broad SMARTS) is 1. The van der Waals surface area contributed by atoms with Crippen molar-refractivity contribution >= 4 is 45.2 Å². The minimum absolute atomic E-state index is 0.0348. The number of carboxylic acids is 1. The molecule has 0 radical (unpaired) electrons. The highest BCUT2D eigenvalue weighted by Gasteiger charge is 2.42. The lowest BCUT2D eigenvalue weighted by molar-refractivity contribution is -0.904. The molecule has 12 nitrogen and oxygen atoms in total. The molecule has 1 aliphatic carbocycles. The van der Waals surface area contributed by atoms with E-state index in [9.17, 15) is 37.1 Å². The number of pyridine rings is 1. The summed E-state index contributed by atoms with van der Waals surface area (Å²) >= 11 is 13.2. The van der Waals surface area contributed by atoms with Crippen LogP contribution in [0.5, 0.6) is 11.5 Å². The standard InChI is InChI=1S/C41H41Cl2F2N3O9S/c1-47-26-13-14-27(47)18-28(17-26)56-40(51)38(24-6-3-2-4-7-24)46-58(53,54)36-9-5-8-29(39(49)50)37(36)30(19-31-32(42)20-48(52)21-33(31)43)25-12-15-34(57-41(44)45)35(16-25)55-22-23-10-11-23/h2-9,12,15-16,20-21,23,26-28,30,38,41,46H,10-11,13-14,17-19,22H2,1H3,(H-,49,50,52)/p+1/t26?,27?,28?,30-,38?/m0/s1. The number of ether oxygens (including phenoxy) is 3. The number of nitrogens with zero attached hydrogens (tertiary/aromatic N) is 2. The molecule has 4 aromatic rings. The Balaban J connectivity index is 1.33. The van der Waals surface area contributed by atoms with Gasteiger partial charge in [0.2, 0.25) is 22.4 Å². The van der Waals surface area contributed by atoms with Crippen molar-refractivity contribution in [2.24, 2.45) is 5.92 Å². The van der Waals surface area contributed by atoms with E-state index in [0.29, 0.717) is 23.1 Å². The quantitative estimate of drug-likeness (QED) is 0.0600. The van der Waals surface area contributed by atoms with E-state index < -0.39 is 57.1 Å². The summed E-state index contributed by atoms with van der Waals surface area (Å²) in [6.45, 7) is -2.99. The average molecular weight is 862 g/mol. The third-order valence-electron chi connectivity index (χ3n) is 11.1. The third kappa shape index (κ3) is 9.34. The van der Waals surface area contributed by atoms with Gasteiger partial charge in [-0.2, -0.15) is 13.5 Å². The summed E-state index contributed by atoms with van der Waals surface area (Å²) in [5, 5.41) is 20.7. The van der Waals surface area contributed by atoms with E-state index in [2.05, 4.69) is 9.62 Å². The number of esters is 1. The number of carbonyl (C=O) groups excluding carboxylic acids is 1. The van der Waals surface area contributed by atoms with E-state index in [1.807, 2.05) is 7.05 Å². The van der Waals surface area contributed by atoms with Crippen LogP contribution in [0.25, 0.3) is 0 Å². The highest BCUT2D eigenvalue weighted by molar-refractivity contribution is 7.89. The minimum Gasteiger partial charge on any atom is -0.489 e. The highest BCUT2D eigenvalue weighted by atomic mass is 35.5. The van der Waals surface area contributed by atoms with Gasteiger partial charge in [-0.25, -0.2) is 18.0 Å². The summed E-state index contributed by atoms with van der Waals surface area (Å²) in [6, 6.07) is 14.9. The van der Waals surface area contributed by atoms with E-state index in [4.69, 9.17) is 37.4 Å². The Labute approximate surface area is 344 Å². The molecule has 3 N–H and O–H groups in total. The van der Waals surface area contributed by atoms with Crippen LogP contribution < -0.4 is 18.9 Å². The normalized spacial score (nSPS) is 20.4. The molecule has 3 unspecified atom stereocenters. The summed E-state index contributed by atoms with van der Waals surface area (Å²) in [5.74, 6) is -3.65. The zero-order valence-corrected chi connectivity index (χ0v) is 33.6. The number of nitrogens with one attached hydrogen (secondary N) is 1. The van der Waals surface area contributed by atoms with Crippen LogP contribution in [0.1, 0.15) is 83.1 Å². The second-order valence-electron chi connectivity index (χ2n) is 15.0. The minimum atomic E-state index is -4.81. The molecule has 3 fully saturated rings. The summed E-state index contributed by atoms with van der Waals surface area (Å²) < 4.78 is 76.6. The molecule has 3 aliphatic rings. The number of aromatic carboxylic acids is 1. The molecular weight excluding hydrogens is 819 g/mol. The number of hydrogen-bond acceptors (Lipinski definition) is 9. The van der Waals surface area contributed by atoms with Gasteiger partial charge in [0.05, 0.1) is 17.1 Å². The topological polar surface area (TPSA) is 156 Å². The Morgan fingerprint density at radius 2 is 1.60 bits per heavy atom. The maximum atomic E-state index is 14.8. The number of fused-ring (bicyclic) bond motifs is 2. The number of sulfonamides is 1. The van der Waals surface area contributed by atoms with Crippen LogP contribution in [0.4, 0.5) is 8.78 Å². The fourth-order valence-electron chi connectivity index (χ4n) is 8.00. The largest absolute Gasteiger partial charge is 0.489 e. The van der Waals surface area contributed by atoms with E-state index in [-0.39, 0.29) is 69.3 Å². The number of rotatable bonds is 16. The molecule has 2 saturated heterocycles. The monoisotopic (exact) mass is 860 g/mol. The number of piperidine rings is 1. The molecule has 0 spiro atoms. The third-order valence-corrected chi connectivity index (χ3v) is 13.3. The Morgan fingerprint density at radius 1 is 0.931 bits per heavy atom. The van der Waals surface area contributed by atoms with E-state index in [1.54, 1.807) is 30.3 Å². The molecular formula is C41H42Cl2F2N3O9S+. The summed E-state index contributed by atoms with van der Waals surface area (Å²) in [7, 11) is -2.76. The van der Waals surface area contributed by atoms with E-state index in [1.165, 1.54) is 36.4 Å². The smallest absolute Gasteiger partial charge is 0.387 e. The molecule has 308 valence electrons. The van der Waals surface area contributed by atoms with Crippen molar-refractivity contribution in [3.05, 3.63) is 117 Å². The number of carbonyl (C=O) groups is 2. The lowest BCUT2D eigenvalue weighted by atomic mass is 9.83. The molecule has 17 heteroatoms. The van der Waals surface area contributed by atoms with Gasteiger partial charge in [-0.15, -0.1) is 0 Å². The SMILES string of the molecule is CN1C2CCC1CC(OC(=O)C(NS(=O)(=O)c1cccc(C(=O)O)c1[C@@H](Cc1c(Cl)c[n+](O)cc1Cl)c1ccc(OC(F)F)c(OCC3CC3)c1)c1ccccc1)C2. The molecule has 58 heavy (non-hydrogen) atoms. The first-order chi connectivity index (χ1) is 27.7. The van der Waals surface area contributed by atoms with Crippen LogP contribution in [0.15, 0.2) is 84.0 Å². The summed E-state index contributed by atoms with van der Waals surface area (Å²) in [4.78, 5) is 28.9. The van der Waals surface area contributed by atoms with Crippen LogP contribution in [-0.2, 0) is 26.0 Å².